The Morgan fingerprint density at radius 1 is 1.28 bits per heavy atom. The van der Waals surface area contributed by atoms with Crippen molar-refractivity contribution in [3.8, 4) is 17.2 Å². The molecule has 3 N–H and O–H groups in total. The maximum absolute atomic E-state index is 11.6. The monoisotopic (exact) mass is 340 g/mol. The Morgan fingerprint density at radius 3 is 2.72 bits per heavy atom. The number of nitrogens with two attached hydrogens (primary N) is 1. The summed E-state index contributed by atoms with van der Waals surface area (Å²) in [6.07, 6.45) is 1.38. The fraction of sp³-hybridized carbons (Fsp3) is 0.188. The van der Waals surface area contributed by atoms with E-state index in [1.807, 2.05) is 0 Å². The number of rotatable bonds is 5. The summed E-state index contributed by atoms with van der Waals surface area (Å²) in [4.78, 5) is 19.8. The van der Waals surface area contributed by atoms with Gasteiger partial charge >= 0.3 is 0 Å². The van der Waals surface area contributed by atoms with E-state index < -0.39 is 5.91 Å². The van der Waals surface area contributed by atoms with Crippen LogP contribution in [0.1, 0.15) is 22.1 Å². The van der Waals surface area contributed by atoms with Crippen molar-refractivity contribution in [2.45, 2.75) is 13.8 Å². The van der Waals surface area contributed by atoms with Gasteiger partial charge in [0.25, 0.3) is 11.8 Å². The molecule has 0 fully saturated rings. The molecule has 9 nitrogen and oxygen atoms in total. The number of nitrogens with one attached hydrogen (secondary N) is 1. The van der Waals surface area contributed by atoms with Crippen molar-refractivity contribution in [1.82, 2.24) is 20.2 Å². The number of para-hydroxylation sites is 1. The van der Waals surface area contributed by atoms with Crippen LogP contribution in [-0.2, 0) is 0 Å². The minimum absolute atomic E-state index is 0.173. The molecule has 1 aromatic carbocycles. The van der Waals surface area contributed by atoms with Crippen molar-refractivity contribution in [2.75, 3.05) is 12.4 Å². The van der Waals surface area contributed by atoms with Crippen molar-refractivity contribution < 1.29 is 13.9 Å². The highest BCUT2D eigenvalue weighted by molar-refractivity contribution is 5.98. The zero-order valence-corrected chi connectivity index (χ0v) is 13.9. The summed E-state index contributed by atoms with van der Waals surface area (Å²) in [7, 11) is 1.52. The fourth-order valence-corrected chi connectivity index (χ4v) is 2.30. The summed E-state index contributed by atoms with van der Waals surface area (Å²) in [6, 6.07) is 5.35. The number of aromatic nitrogens is 4. The van der Waals surface area contributed by atoms with Crippen LogP contribution in [-0.4, -0.2) is 33.2 Å². The van der Waals surface area contributed by atoms with Crippen molar-refractivity contribution in [3.05, 3.63) is 41.7 Å². The van der Waals surface area contributed by atoms with Gasteiger partial charge in [-0.1, -0.05) is 6.07 Å². The number of carbonyl (C=O) groups excluding carboxylic acids is 1. The van der Waals surface area contributed by atoms with Crippen molar-refractivity contribution in [1.29, 1.82) is 0 Å². The molecule has 2 heterocycles. The van der Waals surface area contributed by atoms with Gasteiger partial charge in [-0.25, -0.2) is 9.97 Å². The third kappa shape index (κ3) is 3.25. The third-order valence-corrected chi connectivity index (χ3v) is 3.40. The van der Waals surface area contributed by atoms with Gasteiger partial charge in [-0.05, 0) is 19.1 Å². The second-order valence-corrected chi connectivity index (χ2v) is 5.18. The number of primary amides is 1. The first kappa shape index (κ1) is 16.4. The lowest BCUT2D eigenvalue weighted by Crippen LogP contribution is -2.15. The number of aryl methyl sites for hydroxylation is 2. The Morgan fingerprint density at radius 2 is 2.08 bits per heavy atom. The molecule has 0 atom stereocenters. The molecule has 0 spiro atoms. The summed E-state index contributed by atoms with van der Waals surface area (Å²) in [5.74, 6) is 1.39. The molecule has 0 saturated carbocycles. The zero-order chi connectivity index (χ0) is 18.0. The highest BCUT2D eigenvalue weighted by atomic mass is 16.5. The summed E-state index contributed by atoms with van der Waals surface area (Å²) in [6.45, 7) is 3.42. The number of methoxy groups -OCH3 is 1. The number of hydrogen-bond donors (Lipinski definition) is 2. The summed E-state index contributed by atoms with van der Waals surface area (Å²) in [5.41, 5.74) is 6.74. The maximum Gasteiger partial charge on any atom is 0.254 e. The van der Waals surface area contributed by atoms with Gasteiger partial charge in [0.15, 0.2) is 5.75 Å². The van der Waals surface area contributed by atoms with Crippen molar-refractivity contribution >= 4 is 17.4 Å². The zero-order valence-electron chi connectivity index (χ0n) is 13.9. The average molecular weight is 340 g/mol. The second kappa shape index (κ2) is 6.56. The lowest BCUT2D eigenvalue weighted by molar-refractivity contribution is 0.100. The van der Waals surface area contributed by atoms with Crippen LogP contribution < -0.4 is 15.8 Å². The Labute approximate surface area is 143 Å². The topological polar surface area (TPSA) is 129 Å². The van der Waals surface area contributed by atoms with Crippen molar-refractivity contribution in [2.24, 2.45) is 5.73 Å². The van der Waals surface area contributed by atoms with Gasteiger partial charge < -0.3 is 20.2 Å². The molecule has 0 radical (unpaired) electrons. The molecular formula is C16H16N6O3. The molecule has 3 aromatic rings. The second-order valence-electron chi connectivity index (χ2n) is 5.18. The highest BCUT2D eigenvalue weighted by Gasteiger charge is 2.18. The molecule has 2 aromatic heterocycles. The average Bonchev–Trinajstić information content (AvgIpc) is 3.00. The molecule has 0 bridgehead atoms. The van der Waals surface area contributed by atoms with Gasteiger partial charge in [-0.2, -0.15) is 0 Å². The number of nitrogens with zero attached hydrogens (tertiary/aromatic N) is 4. The summed E-state index contributed by atoms with van der Waals surface area (Å²) in [5, 5.41) is 10.9. The smallest absolute Gasteiger partial charge is 0.254 e. The lowest BCUT2D eigenvalue weighted by atomic mass is 10.1. The molecule has 25 heavy (non-hydrogen) atoms. The Bertz CT molecular complexity index is 937. The normalized spacial score (nSPS) is 10.5. The number of amides is 1. The fourth-order valence-electron chi connectivity index (χ4n) is 2.30. The first-order valence-electron chi connectivity index (χ1n) is 7.37. The predicted molar refractivity (Wildman–Crippen MR) is 89.6 cm³/mol. The number of carbonyl (C=O) groups is 1. The Kier molecular flexibility index (Phi) is 4.29. The van der Waals surface area contributed by atoms with E-state index in [1.54, 1.807) is 32.0 Å². The van der Waals surface area contributed by atoms with Gasteiger partial charge in [-0.3, -0.25) is 4.79 Å². The minimum atomic E-state index is -0.634. The standard InChI is InChI=1S/C16H16N6O3/c1-8-18-7-11(14(17)23)15(19-8)20-12-6-4-5-10(13(12)24-3)16-22-21-9(2)25-16/h4-7H,1-3H3,(H2,17,23)(H,18,19,20). The van der Waals surface area contributed by atoms with Crippen LogP contribution in [0, 0.1) is 13.8 Å². The maximum atomic E-state index is 11.6. The van der Waals surface area contributed by atoms with E-state index >= 15 is 0 Å². The molecule has 0 aliphatic heterocycles. The van der Waals surface area contributed by atoms with E-state index in [4.69, 9.17) is 14.9 Å². The third-order valence-electron chi connectivity index (χ3n) is 3.40. The number of anilines is 2. The van der Waals surface area contributed by atoms with E-state index in [-0.39, 0.29) is 11.4 Å². The Hall–Kier alpha value is -3.49. The Balaban J connectivity index is 2.07. The molecule has 1 amide bonds. The summed E-state index contributed by atoms with van der Waals surface area (Å²) < 4.78 is 11.0. The lowest BCUT2D eigenvalue weighted by Gasteiger charge is -2.14. The molecule has 9 heteroatoms. The van der Waals surface area contributed by atoms with E-state index in [0.717, 1.165) is 0 Å². The van der Waals surface area contributed by atoms with E-state index in [1.165, 1.54) is 13.3 Å². The van der Waals surface area contributed by atoms with Gasteiger partial charge in [0.2, 0.25) is 5.89 Å². The van der Waals surface area contributed by atoms with Gasteiger partial charge in [0, 0.05) is 13.1 Å². The molecular weight excluding hydrogens is 324 g/mol. The van der Waals surface area contributed by atoms with E-state index in [9.17, 15) is 4.79 Å². The largest absolute Gasteiger partial charge is 0.494 e. The quantitative estimate of drug-likeness (QED) is 0.721. The predicted octanol–water partition coefficient (Wildman–Crippen LogP) is 1.99. The number of ether oxygens (including phenoxy) is 1. The molecule has 0 aliphatic rings. The van der Waals surface area contributed by atoms with E-state index in [0.29, 0.717) is 34.6 Å². The van der Waals surface area contributed by atoms with Crippen LogP contribution in [0.2, 0.25) is 0 Å². The van der Waals surface area contributed by atoms with E-state index in [2.05, 4.69) is 25.5 Å². The molecule has 0 aliphatic carbocycles. The molecule has 0 unspecified atom stereocenters. The minimum Gasteiger partial charge on any atom is -0.494 e. The van der Waals surface area contributed by atoms with Crippen LogP contribution >= 0.6 is 0 Å². The first-order chi connectivity index (χ1) is 12.0. The highest BCUT2D eigenvalue weighted by Crippen LogP contribution is 2.37. The number of hydrogen-bond acceptors (Lipinski definition) is 8. The molecule has 3 rings (SSSR count). The van der Waals surface area contributed by atoms with Crippen LogP contribution in [0.3, 0.4) is 0 Å². The molecule has 128 valence electrons. The van der Waals surface area contributed by atoms with Gasteiger partial charge in [0.1, 0.15) is 17.2 Å². The SMILES string of the molecule is COc1c(Nc2nc(C)ncc2C(N)=O)cccc1-c1nnc(C)o1. The summed E-state index contributed by atoms with van der Waals surface area (Å²) >= 11 is 0. The molecule has 0 saturated heterocycles. The first-order valence-corrected chi connectivity index (χ1v) is 7.37. The van der Waals surface area contributed by atoms with Crippen LogP contribution in [0.5, 0.6) is 5.75 Å². The van der Waals surface area contributed by atoms with Crippen LogP contribution in [0.15, 0.2) is 28.8 Å². The van der Waals surface area contributed by atoms with Gasteiger partial charge in [0.05, 0.1) is 18.4 Å². The van der Waals surface area contributed by atoms with Gasteiger partial charge in [-0.15, -0.1) is 10.2 Å². The van der Waals surface area contributed by atoms with Crippen LogP contribution in [0.25, 0.3) is 11.5 Å². The number of benzene rings is 1. The van der Waals surface area contributed by atoms with Crippen molar-refractivity contribution in [3.63, 3.8) is 0 Å². The van der Waals surface area contributed by atoms with Crippen LogP contribution in [0.4, 0.5) is 11.5 Å².